The van der Waals surface area contributed by atoms with Gasteiger partial charge < -0.3 is 9.47 Å². The van der Waals surface area contributed by atoms with E-state index >= 15 is 0 Å². The van der Waals surface area contributed by atoms with Crippen LogP contribution in [0.4, 0.5) is 4.39 Å². The Labute approximate surface area is 136 Å². The predicted octanol–water partition coefficient (Wildman–Crippen LogP) is 3.53. The van der Waals surface area contributed by atoms with Crippen molar-refractivity contribution in [2.24, 2.45) is 5.92 Å². The van der Waals surface area contributed by atoms with Crippen LogP contribution in [0.2, 0.25) is 0 Å². The first kappa shape index (κ1) is 18.9. The highest BCUT2D eigenvalue weighted by molar-refractivity contribution is 5.96. The Morgan fingerprint density at radius 1 is 1.13 bits per heavy atom. The number of benzene rings is 1. The van der Waals surface area contributed by atoms with Gasteiger partial charge in [-0.25, -0.2) is 4.39 Å². The van der Waals surface area contributed by atoms with Crippen LogP contribution in [-0.2, 0) is 25.5 Å². The molecule has 23 heavy (non-hydrogen) atoms. The molecule has 0 saturated carbocycles. The summed E-state index contributed by atoms with van der Waals surface area (Å²) in [5.41, 5.74) is 1.52. The van der Waals surface area contributed by atoms with Gasteiger partial charge in [-0.15, -0.1) is 0 Å². The van der Waals surface area contributed by atoms with Crippen LogP contribution in [0.15, 0.2) is 24.8 Å². The van der Waals surface area contributed by atoms with Gasteiger partial charge in [0, 0.05) is 5.56 Å². The van der Waals surface area contributed by atoms with E-state index in [1.807, 2.05) is 6.92 Å². The van der Waals surface area contributed by atoms with Crippen LogP contribution in [0.3, 0.4) is 0 Å². The number of rotatable bonds is 8. The summed E-state index contributed by atoms with van der Waals surface area (Å²) in [5, 5.41) is 0. The van der Waals surface area contributed by atoms with Gasteiger partial charge in [0.15, 0.2) is 5.92 Å². The number of esters is 2. The molecule has 0 saturated heterocycles. The van der Waals surface area contributed by atoms with E-state index in [1.54, 1.807) is 26.0 Å². The summed E-state index contributed by atoms with van der Waals surface area (Å²) in [7, 11) is 0. The second kappa shape index (κ2) is 9.08. The molecule has 4 nitrogen and oxygen atoms in total. The summed E-state index contributed by atoms with van der Waals surface area (Å²) in [4.78, 5) is 23.9. The second-order valence-electron chi connectivity index (χ2n) is 5.03. The van der Waals surface area contributed by atoms with E-state index in [0.29, 0.717) is 11.1 Å². The van der Waals surface area contributed by atoms with Crippen molar-refractivity contribution in [1.82, 2.24) is 0 Å². The van der Waals surface area contributed by atoms with Crippen molar-refractivity contribution in [1.29, 1.82) is 0 Å². The number of carbonyl (C=O) groups is 2. The Morgan fingerprint density at radius 2 is 1.70 bits per heavy atom. The molecule has 0 fully saturated rings. The highest BCUT2D eigenvalue weighted by Crippen LogP contribution is 2.26. The minimum atomic E-state index is -1.13. The van der Waals surface area contributed by atoms with Crippen LogP contribution >= 0.6 is 0 Å². The Kier molecular flexibility index (Phi) is 7.45. The van der Waals surface area contributed by atoms with E-state index in [4.69, 9.17) is 9.47 Å². The molecule has 0 aromatic heterocycles. The molecule has 1 aromatic carbocycles. The maximum Gasteiger partial charge on any atom is 0.320 e. The molecule has 0 unspecified atom stereocenters. The molecule has 0 atom stereocenters. The first-order valence-corrected chi connectivity index (χ1v) is 7.74. The maximum atomic E-state index is 14.1. The van der Waals surface area contributed by atoms with Crippen molar-refractivity contribution in [2.75, 3.05) is 13.2 Å². The first-order chi connectivity index (χ1) is 10.9. The van der Waals surface area contributed by atoms with Crippen molar-refractivity contribution in [3.63, 3.8) is 0 Å². The lowest BCUT2D eigenvalue weighted by Crippen LogP contribution is -2.28. The smallest absolute Gasteiger partial charge is 0.320 e. The summed E-state index contributed by atoms with van der Waals surface area (Å²) >= 11 is 0. The summed E-state index contributed by atoms with van der Waals surface area (Å²) in [6.45, 7) is 9.35. The summed E-state index contributed by atoms with van der Waals surface area (Å²) < 4.78 is 23.9. The molecule has 0 heterocycles. The summed E-state index contributed by atoms with van der Waals surface area (Å²) in [6, 6.07) is 4.85. The van der Waals surface area contributed by atoms with Gasteiger partial charge in [0.05, 0.1) is 13.2 Å². The molecule has 0 aliphatic rings. The zero-order valence-corrected chi connectivity index (χ0v) is 13.9. The van der Waals surface area contributed by atoms with Gasteiger partial charge in [0.1, 0.15) is 5.82 Å². The van der Waals surface area contributed by atoms with Crippen LogP contribution in [0.1, 0.15) is 38.3 Å². The van der Waals surface area contributed by atoms with E-state index in [-0.39, 0.29) is 19.6 Å². The molecule has 0 spiro atoms. The molecule has 0 aliphatic carbocycles. The third-order valence-electron chi connectivity index (χ3n) is 3.42. The van der Waals surface area contributed by atoms with Gasteiger partial charge in [-0.3, -0.25) is 9.59 Å². The minimum Gasteiger partial charge on any atom is -0.465 e. The Balaban J connectivity index is 2.96. The number of allylic oxidation sites excluding steroid dienone is 1. The van der Waals surface area contributed by atoms with E-state index in [1.165, 1.54) is 6.07 Å². The molecule has 126 valence electrons. The fraction of sp³-hybridized carbons (Fsp3) is 0.444. The monoisotopic (exact) mass is 322 g/mol. The highest BCUT2D eigenvalue weighted by atomic mass is 19.1. The van der Waals surface area contributed by atoms with Gasteiger partial charge in [-0.2, -0.15) is 0 Å². The van der Waals surface area contributed by atoms with E-state index in [2.05, 4.69) is 6.58 Å². The van der Waals surface area contributed by atoms with Crippen molar-refractivity contribution >= 4 is 17.5 Å². The molecule has 0 aliphatic heterocycles. The largest absolute Gasteiger partial charge is 0.465 e. The lowest BCUT2D eigenvalue weighted by Gasteiger charge is -2.16. The van der Waals surface area contributed by atoms with Crippen molar-refractivity contribution in [2.45, 2.75) is 33.6 Å². The number of aryl methyl sites for hydroxylation is 1. The molecule has 0 bridgehead atoms. The fourth-order valence-electron chi connectivity index (χ4n) is 2.17. The number of hydrogen-bond acceptors (Lipinski definition) is 4. The van der Waals surface area contributed by atoms with Crippen LogP contribution in [0.25, 0.3) is 5.57 Å². The molecule has 1 rings (SSSR count). The van der Waals surface area contributed by atoms with E-state index in [9.17, 15) is 14.0 Å². The zero-order chi connectivity index (χ0) is 17.4. The summed E-state index contributed by atoms with van der Waals surface area (Å²) in [6.07, 6.45) is 0.679. The van der Waals surface area contributed by atoms with Crippen molar-refractivity contribution in [3.8, 4) is 0 Å². The summed E-state index contributed by atoms with van der Waals surface area (Å²) in [5.74, 6) is -2.91. The fourth-order valence-corrected chi connectivity index (χ4v) is 2.17. The van der Waals surface area contributed by atoms with Gasteiger partial charge in [-0.05, 0) is 43.9 Å². The van der Waals surface area contributed by atoms with Gasteiger partial charge >= 0.3 is 11.9 Å². The third kappa shape index (κ3) is 5.20. The molecular weight excluding hydrogens is 299 g/mol. The minimum absolute atomic E-state index is 0.0416. The van der Waals surface area contributed by atoms with E-state index < -0.39 is 23.7 Å². The van der Waals surface area contributed by atoms with Crippen LogP contribution in [0.5, 0.6) is 0 Å². The standard InChI is InChI=1S/C18H23FO4/c1-5-13-8-9-14(16(19)11-13)12(4)10-15(17(20)22-6-2)18(21)23-7-3/h8-9,11,15H,4-7,10H2,1-3H3. The second-order valence-corrected chi connectivity index (χ2v) is 5.03. The third-order valence-corrected chi connectivity index (χ3v) is 3.42. The van der Waals surface area contributed by atoms with Crippen LogP contribution < -0.4 is 0 Å². The maximum absolute atomic E-state index is 14.1. The number of halogens is 1. The van der Waals surface area contributed by atoms with Gasteiger partial charge in [0.25, 0.3) is 0 Å². The Morgan fingerprint density at radius 3 is 2.13 bits per heavy atom. The first-order valence-electron chi connectivity index (χ1n) is 7.74. The normalized spacial score (nSPS) is 10.5. The molecule has 0 radical (unpaired) electrons. The quantitative estimate of drug-likeness (QED) is 0.543. The Hall–Kier alpha value is -2.17. The molecule has 0 amide bonds. The van der Waals surface area contributed by atoms with E-state index in [0.717, 1.165) is 12.0 Å². The lowest BCUT2D eigenvalue weighted by molar-refractivity contribution is -0.161. The zero-order valence-electron chi connectivity index (χ0n) is 13.9. The SMILES string of the molecule is C=C(CC(C(=O)OCC)C(=O)OCC)c1ccc(CC)cc1F. The topological polar surface area (TPSA) is 52.6 Å². The van der Waals surface area contributed by atoms with Crippen LogP contribution in [-0.4, -0.2) is 25.2 Å². The van der Waals surface area contributed by atoms with Gasteiger partial charge in [0.2, 0.25) is 0 Å². The lowest BCUT2D eigenvalue weighted by atomic mass is 9.94. The predicted molar refractivity (Wildman–Crippen MR) is 86.2 cm³/mol. The molecule has 5 heteroatoms. The molecule has 1 aromatic rings. The Bertz CT molecular complexity index is 562. The average Bonchev–Trinajstić information content (AvgIpc) is 2.52. The number of carbonyl (C=O) groups excluding carboxylic acids is 2. The van der Waals surface area contributed by atoms with Gasteiger partial charge in [-0.1, -0.05) is 25.6 Å². The van der Waals surface area contributed by atoms with Crippen molar-refractivity contribution in [3.05, 3.63) is 41.7 Å². The molecule has 0 N–H and O–H groups in total. The van der Waals surface area contributed by atoms with Crippen LogP contribution in [0, 0.1) is 11.7 Å². The van der Waals surface area contributed by atoms with Crippen molar-refractivity contribution < 1.29 is 23.5 Å². The number of hydrogen-bond donors (Lipinski definition) is 0. The molecular formula is C18H23FO4. The highest BCUT2D eigenvalue weighted by Gasteiger charge is 2.30. The number of ether oxygens (including phenoxy) is 2. The average molecular weight is 322 g/mol.